The van der Waals surface area contributed by atoms with Crippen LogP contribution in [-0.2, 0) is 11.4 Å². The third kappa shape index (κ3) is 7.25. The summed E-state index contributed by atoms with van der Waals surface area (Å²) < 4.78 is 10.9. The number of hydrogen-bond acceptors (Lipinski definition) is 6. The van der Waals surface area contributed by atoms with Crippen molar-refractivity contribution in [2.75, 3.05) is 24.4 Å². The van der Waals surface area contributed by atoms with Gasteiger partial charge in [-0.05, 0) is 42.2 Å². The number of nitrogens with zero attached hydrogens (tertiary/aromatic N) is 1. The molecule has 0 bridgehead atoms. The number of para-hydroxylation sites is 1. The predicted octanol–water partition coefficient (Wildman–Crippen LogP) is 4.16. The molecule has 0 radical (unpaired) electrons. The van der Waals surface area contributed by atoms with Gasteiger partial charge >= 0.3 is 0 Å². The molecule has 1 aromatic heterocycles. The first-order valence-electron chi connectivity index (χ1n) is 10.5. The number of carbonyl (C=O) groups is 2. The summed E-state index contributed by atoms with van der Waals surface area (Å²) in [5, 5.41) is 5.65. The van der Waals surface area contributed by atoms with Crippen molar-refractivity contribution in [3.05, 3.63) is 84.1 Å². The normalized spacial score (nSPS) is 11.3. The van der Waals surface area contributed by atoms with Gasteiger partial charge in [-0.2, -0.15) is 11.8 Å². The van der Waals surface area contributed by atoms with Crippen LogP contribution in [-0.4, -0.2) is 42.0 Å². The molecule has 33 heavy (non-hydrogen) atoms. The summed E-state index contributed by atoms with van der Waals surface area (Å²) in [6.07, 6.45) is 3.97. The number of pyridine rings is 1. The van der Waals surface area contributed by atoms with Gasteiger partial charge in [0.1, 0.15) is 18.4 Å². The van der Waals surface area contributed by atoms with Gasteiger partial charge in [0.25, 0.3) is 5.91 Å². The second-order valence-corrected chi connectivity index (χ2v) is 8.14. The van der Waals surface area contributed by atoms with Gasteiger partial charge in [0, 0.05) is 6.07 Å². The molecule has 0 spiro atoms. The number of ether oxygens (including phenoxy) is 2. The van der Waals surface area contributed by atoms with Gasteiger partial charge in [-0.1, -0.05) is 42.5 Å². The van der Waals surface area contributed by atoms with Gasteiger partial charge in [0.15, 0.2) is 0 Å². The van der Waals surface area contributed by atoms with Crippen LogP contribution in [0.5, 0.6) is 11.6 Å². The molecule has 172 valence electrons. The largest absolute Gasteiger partial charge is 0.496 e. The number of benzene rings is 2. The molecule has 2 N–H and O–H groups in total. The van der Waals surface area contributed by atoms with Crippen molar-refractivity contribution in [2.45, 2.75) is 19.1 Å². The van der Waals surface area contributed by atoms with Gasteiger partial charge < -0.3 is 20.1 Å². The minimum Gasteiger partial charge on any atom is -0.496 e. The molecule has 7 nitrogen and oxygen atoms in total. The summed E-state index contributed by atoms with van der Waals surface area (Å²) in [4.78, 5) is 29.9. The summed E-state index contributed by atoms with van der Waals surface area (Å²) in [5.41, 5.74) is 1.94. The fraction of sp³-hybridized carbons (Fsp3) is 0.240. The fourth-order valence-corrected chi connectivity index (χ4v) is 3.54. The van der Waals surface area contributed by atoms with Crippen molar-refractivity contribution in [1.29, 1.82) is 0 Å². The lowest BCUT2D eigenvalue weighted by Gasteiger charge is -2.19. The van der Waals surface area contributed by atoms with Crippen LogP contribution in [0, 0.1) is 0 Å². The van der Waals surface area contributed by atoms with E-state index in [0.29, 0.717) is 35.9 Å². The van der Waals surface area contributed by atoms with Crippen molar-refractivity contribution >= 4 is 29.3 Å². The minimum absolute atomic E-state index is 0.313. The Labute approximate surface area is 197 Å². The van der Waals surface area contributed by atoms with E-state index in [4.69, 9.17) is 9.47 Å². The number of carbonyl (C=O) groups excluding carboxylic acids is 2. The lowest BCUT2D eigenvalue weighted by Crippen LogP contribution is -2.44. The van der Waals surface area contributed by atoms with Crippen LogP contribution in [0.25, 0.3) is 0 Å². The third-order valence-corrected chi connectivity index (χ3v) is 5.46. The standard InChI is InChI=1S/C25H27N3O4S/c1-31-22-11-7-6-10-20(22)24(29)28-21(14-15-33-2)25(30)27-19-12-13-23(26-16-19)32-17-18-8-4-3-5-9-18/h3-13,16,21H,14-15,17H2,1-2H3,(H,27,30)(H,28,29). The third-order valence-electron chi connectivity index (χ3n) is 4.82. The summed E-state index contributed by atoms with van der Waals surface area (Å²) in [5.74, 6) is 0.951. The number of anilines is 1. The van der Waals surface area contributed by atoms with E-state index >= 15 is 0 Å². The number of nitrogens with one attached hydrogen (secondary N) is 2. The Morgan fingerprint density at radius 2 is 1.79 bits per heavy atom. The highest BCUT2D eigenvalue weighted by molar-refractivity contribution is 7.98. The van der Waals surface area contributed by atoms with E-state index < -0.39 is 6.04 Å². The topological polar surface area (TPSA) is 89.5 Å². The first kappa shape index (κ1) is 24.1. The predicted molar refractivity (Wildman–Crippen MR) is 131 cm³/mol. The van der Waals surface area contributed by atoms with Crippen molar-refractivity contribution in [1.82, 2.24) is 10.3 Å². The van der Waals surface area contributed by atoms with Crippen molar-refractivity contribution < 1.29 is 19.1 Å². The van der Waals surface area contributed by atoms with Crippen LogP contribution < -0.4 is 20.1 Å². The summed E-state index contributed by atoms with van der Waals surface area (Å²) in [6, 6.07) is 19.4. The van der Waals surface area contributed by atoms with E-state index in [1.54, 1.807) is 48.2 Å². The van der Waals surface area contributed by atoms with Crippen LogP contribution in [0.3, 0.4) is 0 Å². The monoisotopic (exact) mass is 465 g/mol. The second-order valence-electron chi connectivity index (χ2n) is 7.16. The Hall–Kier alpha value is -3.52. The number of rotatable bonds is 11. The maximum Gasteiger partial charge on any atom is 0.255 e. The first-order valence-corrected chi connectivity index (χ1v) is 11.9. The molecule has 1 heterocycles. The maximum absolute atomic E-state index is 12.9. The molecule has 2 aromatic carbocycles. The summed E-state index contributed by atoms with van der Waals surface area (Å²) in [6.45, 7) is 0.408. The lowest BCUT2D eigenvalue weighted by molar-refractivity contribution is -0.118. The molecule has 0 aliphatic rings. The molecule has 0 fully saturated rings. The van der Waals surface area contributed by atoms with Gasteiger partial charge in [-0.15, -0.1) is 0 Å². The average molecular weight is 466 g/mol. The highest BCUT2D eigenvalue weighted by Crippen LogP contribution is 2.18. The zero-order valence-corrected chi connectivity index (χ0v) is 19.4. The molecule has 2 amide bonds. The highest BCUT2D eigenvalue weighted by Gasteiger charge is 2.23. The molecule has 0 saturated carbocycles. The molecule has 8 heteroatoms. The first-order chi connectivity index (χ1) is 16.1. The van der Waals surface area contributed by atoms with Gasteiger partial charge in [-0.25, -0.2) is 4.98 Å². The van der Waals surface area contributed by atoms with E-state index in [2.05, 4.69) is 15.6 Å². The number of aromatic nitrogens is 1. The molecular weight excluding hydrogens is 438 g/mol. The fourth-order valence-electron chi connectivity index (χ4n) is 3.07. The van der Waals surface area contributed by atoms with Crippen LogP contribution >= 0.6 is 11.8 Å². The Kier molecular flexibility index (Phi) is 9.14. The molecule has 1 atom stereocenters. The second kappa shape index (κ2) is 12.5. The van der Waals surface area contributed by atoms with Gasteiger partial charge in [0.05, 0.1) is 24.6 Å². The molecule has 0 aliphatic heterocycles. The van der Waals surface area contributed by atoms with Crippen LogP contribution in [0.2, 0.25) is 0 Å². The Morgan fingerprint density at radius 3 is 2.48 bits per heavy atom. The molecule has 3 rings (SSSR count). The van der Waals surface area contributed by atoms with Crippen molar-refractivity contribution in [3.63, 3.8) is 0 Å². The molecule has 3 aromatic rings. The lowest BCUT2D eigenvalue weighted by atomic mass is 10.1. The number of amides is 2. The number of thioether (sulfide) groups is 1. The zero-order chi connectivity index (χ0) is 23.5. The number of methoxy groups -OCH3 is 1. The molecule has 0 saturated heterocycles. The van der Waals surface area contributed by atoms with E-state index in [9.17, 15) is 9.59 Å². The Balaban J connectivity index is 1.61. The van der Waals surface area contributed by atoms with Gasteiger partial charge in [0.2, 0.25) is 11.8 Å². The van der Waals surface area contributed by atoms with Gasteiger partial charge in [-0.3, -0.25) is 9.59 Å². The average Bonchev–Trinajstić information content (AvgIpc) is 2.86. The zero-order valence-electron chi connectivity index (χ0n) is 18.6. The van der Waals surface area contributed by atoms with Crippen LogP contribution in [0.15, 0.2) is 72.9 Å². The van der Waals surface area contributed by atoms with Crippen LogP contribution in [0.1, 0.15) is 22.3 Å². The molecule has 0 aliphatic carbocycles. The highest BCUT2D eigenvalue weighted by atomic mass is 32.2. The molecular formula is C25H27N3O4S. The Bertz CT molecular complexity index is 1050. The number of hydrogen-bond donors (Lipinski definition) is 2. The van der Waals surface area contributed by atoms with Crippen molar-refractivity contribution in [3.8, 4) is 11.6 Å². The smallest absolute Gasteiger partial charge is 0.255 e. The van der Waals surface area contributed by atoms with Crippen molar-refractivity contribution in [2.24, 2.45) is 0 Å². The molecule has 1 unspecified atom stereocenters. The van der Waals surface area contributed by atoms with E-state index in [-0.39, 0.29) is 11.8 Å². The van der Waals surface area contributed by atoms with Crippen LogP contribution in [0.4, 0.5) is 5.69 Å². The Morgan fingerprint density at radius 1 is 1.03 bits per heavy atom. The minimum atomic E-state index is -0.705. The van der Waals surface area contributed by atoms with E-state index in [1.807, 2.05) is 36.6 Å². The quantitative estimate of drug-likeness (QED) is 0.442. The summed E-state index contributed by atoms with van der Waals surface area (Å²) in [7, 11) is 1.50. The van der Waals surface area contributed by atoms with E-state index in [1.165, 1.54) is 13.3 Å². The maximum atomic E-state index is 12.9. The van der Waals surface area contributed by atoms with E-state index in [0.717, 1.165) is 11.3 Å². The summed E-state index contributed by atoms with van der Waals surface area (Å²) >= 11 is 1.60. The SMILES string of the molecule is COc1ccccc1C(=O)NC(CCSC)C(=O)Nc1ccc(OCc2ccccc2)nc1.